The molecule has 1 heterocycles. The Morgan fingerprint density at radius 2 is 2.15 bits per heavy atom. The van der Waals surface area contributed by atoms with Crippen LogP contribution < -0.4 is 10.9 Å². The molecule has 0 aliphatic carbocycles. The van der Waals surface area contributed by atoms with E-state index in [1.54, 1.807) is 6.07 Å². The smallest absolute Gasteiger partial charge is 0.339 e. The first-order valence-corrected chi connectivity index (χ1v) is 9.30. The lowest BCUT2D eigenvalue weighted by atomic mass is 10.2. The molecular weight excluding hydrogens is 378 g/mol. The van der Waals surface area contributed by atoms with Crippen molar-refractivity contribution in [3.05, 3.63) is 51.4 Å². The molecule has 138 valence electrons. The zero-order valence-corrected chi connectivity index (χ0v) is 15.7. The number of benzene rings is 1. The number of hydrogen-bond acceptors (Lipinski definition) is 6. The number of aromatic amines is 1. The molecule has 0 radical (unpaired) electrons. The van der Waals surface area contributed by atoms with Gasteiger partial charge in [-0.3, -0.25) is 9.59 Å². The maximum absolute atomic E-state index is 12.1. The highest BCUT2D eigenvalue weighted by molar-refractivity contribution is 7.99. The number of amides is 1. The van der Waals surface area contributed by atoms with Crippen molar-refractivity contribution in [1.82, 2.24) is 9.97 Å². The normalized spacial score (nSPS) is 10.4. The second-order valence-corrected chi connectivity index (χ2v) is 6.63. The number of carbonyl (C=O) groups excluding carboxylic acids is 2. The molecule has 1 aromatic heterocycles. The van der Waals surface area contributed by atoms with Crippen molar-refractivity contribution in [2.75, 3.05) is 17.7 Å². The zero-order valence-electron chi connectivity index (χ0n) is 14.1. The molecule has 0 saturated heterocycles. The predicted molar refractivity (Wildman–Crippen MR) is 101 cm³/mol. The van der Waals surface area contributed by atoms with E-state index < -0.39 is 5.97 Å². The highest BCUT2D eigenvalue weighted by atomic mass is 35.5. The minimum Gasteiger partial charge on any atom is -0.462 e. The molecule has 1 amide bonds. The van der Waals surface area contributed by atoms with Gasteiger partial charge in [0.05, 0.1) is 22.9 Å². The third-order valence-corrected chi connectivity index (χ3v) is 4.41. The van der Waals surface area contributed by atoms with Gasteiger partial charge in [0, 0.05) is 18.0 Å². The van der Waals surface area contributed by atoms with Crippen LogP contribution in [0.25, 0.3) is 0 Å². The molecule has 2 N–H and O–H groups in total. The van der Waals surface area contributed by atoms with Crippen LogP contribution in [-0.4, -0.2) is 34.2 Å². The molecule has 1 aromatic carbocycles. The Bertz CT molecular complexity index is 841. The molecule has 0 saturated carbocycles. The van der Waals surface area contributed by atoms with Crippen molar-refractivity contribution in [3.63, 3.8) is 0 Å². The molecule has 0 fully saturated rings. The summed E-state index contributed by atoms with van der Waals surface area (Å²) in [4.78, 5) is 41.8. The average molecular weight is 396 g/mol. The van der Waals surface area contributed by atoms with Gasteiger partial charge >= 0.3 is 5.97 Å². The van der Waals surface area contributed by atoms with Crippen LogP contribution in [0.5, 0.6) is 0 Å². The summed E-state index contributed by atoms with van der Waals surface area (Å²) in [6.07, 6.45) is 3.05. The molecular formula is C17H18ClN3O4S. The minimum atomic E-state index is -0.528. The van der Waals surface area contributed by atoms with Gasteiger partial charge in [0.2, 0.25) is 5.91 Å². The number of thioether (sulfide) groups is 1. The highest BCUT2D eigenvalue weighted by Crippen LogP contribution is 2.22. The lowest BCUT2D eigenvalue weighted by Crippen LogP contribution is -2.16. The first-order chi connectivity index (χ1) is 12.5. The second kappa shape index (κ2) is 9.98. The third kappa shape index (κ3) is 6.20. The van der Waals surface area contributed by atoms with Gasteiger partial charge in [0.15, 0.2) is 5.16 Å². The Morgan fingerprint density at radius 3 is 2.88 bits per heavy atom. The number of rotatable bonds is 8. The molecule has 0 bridgehead atoms. The highest BCUT2D eigenvalue weighted by Gasteiger charge is 2.14. The minimum absolute atomic E-state index is 0.0475. The number of nitrogens with one attached hydrogen (secondary N) is 2. The monoisotopic (exact) mass is 395 g/mol. The Labute approximate surface area is 159 Å². The lowest BCUT2D eigenvalue weighted by molar-refractivity contribution is -0.113. The number of ether oxygens (including phenoxy) is 1. The molecule has 0 unspecified atom stereocenters. The van der Waals surface area contributed by atoms with E-state index in [1.807, 2.05) is 6.92 Å². The van der Waals surface area contributed by atoms with Gasteiger partial charge in [-0.15, -0.1) is 0 Å². The van der Waals surface area contributed by atoms with Crippen LogP contribution in [0.3, 0.4) is 0 Å². The first-order valence-electron chi connectivity index (χ1n) is 7.94. The summed E-state index contributed by atoms with van der Waals surface area (Å²) in [5.74, 6) is -0.791. The fourth-order valence-electron chi connectivity index (χ4n) is 1.90. The number of unbranched alkanes of at least 4 members (excludes halogenated alkanes) is 1. The number of anilines is 1. The number of nitrogens with zero attached hydrogens (tertiary/aromatic N) is 1. The van der Waals surface area contributed by atoms with E-state index in [4.69, 9.17) is 16.3 Å². The largest absolute Gasteiger partial charge is 0.462 e. The molecule has 0 aliphatic heterocycles. The Balaban J connectivity index is 1.96. The second-order valence-electron chi connectivity index (χ2n) is 5.26. The van der Waals surface area contributed by atoms with Gasteiger partial charge < -0.3 is 15.0 Å². The van der Waals surface area contributed by atoms with E-state index in [1.165, 1.54) is 24.4 Å². The Morgan fingerprint density at radius 1 is 1.35 bits per heavy atom. The van der Waals surface area contributed by atoms with Crippen LogP contribution in [-0.2, 0) is 9.53 Å². The Kier molecular flexibility index (Phi) is 7.68. The van der Waals surface area contributed by atoms with Crippen LogP contribution >= 0.6 is 23.4 Å². The topological polar surface area (TPSA) is 101 Å². The Hall–Kier alpha value is -2.32. The van der Waals surface area contributed by atoms with Crippen molar-refractivity contribution in [2.45, 2.75) is 24.9 Å². The number of halogens is 1. The maximum Gasteiger partial charge on any atom is 0.339 e. The maximum atomic E-state index is 12.1. The van der Waals surface area contributed by atoms with Crippen LogP contribution in [0, 0.1) is 0 Å². The fraction of sp³-hybridized carbons (Fsp3) is 0.294. The van der Waals surface area contributed by atoms with Crippen LogP contribution in [0.4, 0.5) is 5.69 Å². The number of esters is 1. The van der Waals surface area contributed by atoms with E-state index in [0.29, 0.717) is 17.5 Å². The number of carbonyl (C=O) groups is 2. The van der Waals surface area contributed by atoms with Crippen molar-refractivity contribution >= 4 is 40.9 Å². The summed E-state index contributed by atoms with van der Waals surface area (Å²) in [6.45, 7) is 2.32. The van der Waals surface area contributed by atoms with Crippen molar-refractivity contribution in [3.8, 4) is 0 Å². The molecule has 0 spiro atoms. The average Bonchev–Trinajstić information content (AvgIpc) is 2.62. The predicted octanol–water partition coefficient (Wildman–Crippen LogP) is 3.11. The summed E-state index contributed by atoms with van der Waals surface area (Å²) in [7, 11) is 0. The van der Waals surface area contributed by atoms with Crippen LogP contribution in [0.2, 0.25) is 5.02 Å². The van der Waals surface area contributed by atoms with Gasteiger partial charge in [-0.05, 0) is 24.6 Å². The molecule has 0 aliphatic rings. The van der Waals surface area contributed by atoms with Crippen molar-refractivity contribution < 1.29 is 14.3 Å². The SMILES string of the molecule is CCCCOC(=O)c1cc(NC(=O)CSc2nccc(=O)[nH]2)ccc1Cl. The third-order valence-electron chi connectivity index (χ3n) is 3.19. The fourth-order valence-corrected chi connectivity index (χ4v) is 2.75. The number of aromatic nitrogens is 2. The lowest BCUT2D eigenvalue weighted by Gasteiger charge is -2.09. The molecule has 26 heavy (non-hydrogen) atoms. The van der Waals surface area contributed by atoms with E-state index in [0.717, 1.165) is 24.6 Å². The number of H-pyrrole nitrogens is 1. The number of hydrogen-bond donors (Lipinski definition) is 2. The van der Waals surface area contributed by atoms with E-state index in [-0.39, 0.29) is 27.8 Å². The molecule has 9 heteroatoms. The van der Waals surface area contributed by atoms with Gasteiger partial charge in [-0.1, -0.05) is 36.7 Å². The summed E-state index contributed by atoms with van der Waals surface area (Å²) < 4.78 is 5.14. The van der Waals surface area contributed by atoms with E-state index >= 15 is 0 Å². The quantitative estimate of drug-likeness (QED) is 0.308. The van der Waals surface area contributed by atoms with E-state index in [2.05, 4.69) is 15.3 Å². The van der Waals surface area contributed by atoms with Gasteiger partial charge in [-0.25, -0.2) is 9.78 Å². The summed E-state index contributed by atoms with van der Waals surface area (Å²) in [5, 5.41) is 3.28. The molecule has 0 atom stereocenters. The summed E-state index contributed by atoms with van der Waals surface area (Å²) in [5.41, 5.74) is 0.339. The van der Waals surface area contributed by atoms with Gasteiger partial charge in [0.1, 0.15) is 0 Å². The van der Waals surface area contributed by atoms with Crippen molar-refractivity contribution in [2.24, 2.45) is 0 Å². The zero-order chi connectivity index (χ0) is 18.9. The molecule has 2 aromatic rings. The molecule has 2 rings (SSSR count). The first kappa shape index (κ1) is 20.0. The van der Waals surface area contributed by atoms with Crippen molar-refractivity contribution in [1.29, 1.82) is 0 Å². The van der Waals surface area contributed by atoms with E-state index in [9.17, 15) is 14.4 Å². The standard InChI is InChI=1S/C17H18ClN3O4S/c1-2-3-8-25-16(24)12-9-11(4-5-13(12)18)20-15(23)10-26-17-19-7-6-14(22)21-17/h4-7,9H,2-3,8,10H2,1H3,(H,20,23)(H,19,21,22). The van der Waals surface area contributed by atoms with Gasteiger partial charge in [0.25, 0.3) is 5.56 Å². The summed E-state index contributed by atoms with van der Waals surface area (Å²) >= 11 is 7.13. The van der Waals surface area contributed by atoms with Crippen LogP contribution in [0.1, 0.15) is 30.1 Å². The molecule has 7 nitrogen and oxygen atoms in total. The summed E-state index contributed by atoms with van der Waals surface area (Å²) in [6, 6.07) is 5.88. The van der Waals surface area contributed by atoms with Crippen LogP contribution in [0.15, 0.2) is 40.4 Å². The van der Waals surface area contributed by atoms with Gasteiger partial charge in [-0.2, -0.15) is 0 Å².